The van der Waals surface area contributed by atoms with Crippen LogP contribution < -0.4 is 16.1 Å². The maximum absolute atomic E-state index is 13.4. The smallest absolute Gasteiger partial charge is 0.308 e. The van der Waals surface area contributed by atoms with E-state index in [1.165, 1.54) is 12.1 Å². The molecule has 0 atom stereocenters. The Hall–Kier alpha value is -4.44. The third-order valence-corrected chi connectivity index (χ3v) is 5.77. The highest BCUT2D eigenvalue weighted by atomic mass is 16.2. The Kier molecular flexibility index (Phi) is 4.68. The number of hydrogen-bond acceptors (Lipinski definition) is 4. The van der Waals surface area contributed by atoms with Crippen molar-refractivity contribution in [2.45, 2.75) is 12.8 Å². The number of hydrogen-bond donors (Lipinski definition) is 1. The Labute approximate surface area is 182 Å². The number of nitrogens with one attached hydrogen (secondary N) is 1. The topological polar surface area (TPSA) is 99.0 Å². The van der Waals surface area contributed by atoms with Gasteiger partial charge < -0.3 is 9.88 Å². The molecular weight excluding hydrogens is 404 g/mol. The highest BCUT2D eigenvalue weighted by Crippen LogP contribution is 2.28. The molecule has 1 N–H and O–H groups in total. The molecule has 3 aromatic carbocycles. The number of fused-ring (bicyclic) bond motifs is 2. The zero-order valence-electron chi connectivity index (χ0n) is 17.0. The van der Waals surface area contributed by atoms with Gasteiger partial charge in [-0.3, -0.25) is 9.59 Å². The van der Waals surface area contributed by atoms with E-state index in [9.17, 15) is 19.6 Å². The lowest BCUT2D eigenvalue weighted by Gasteiger charge is -2.29. The molecule has 1 aromatic heterocycles. The summed E-state index contributed by atoms with van der Waals surface area (Å²) in [5.41, 5.74) is 1.67. The van der Waals surface area contributed by atoms with Gasteiger partial charge in [-0.25, -0.2) is 9.36 Å². The Morgan fingerprint density at radius 1 is 0.969 bits per heavy atom. The predicted octanol–water partition coefficient (Wildman–Crippen LogP) is 3.14. The van der Waals surface area contributed by atoms with Crippen molar-refractivity contribution >= 4 is 22.5 Å². The molecule has 0 spiro atoms. The Bertz CT molecular complexity index is 1540. The average molecular weight is 422 g/mol. The summed E-state index contributed by atoms with van der Waals surface area (Å²) >= 11 is 0. The van der Waals surface area contributed by atoms with E-state index in [0.29, 0.717) is 23.0 Å². The minimum absolute atomic E-state index is 0.0839. The predicted molar refractivity (Wildman–Crippen MR) is 121 cm³/mol. The first-order valence-electron chi connectivity index (χ1n) is 10.3. The minimum atomic E-state index is -0.668. The van der Waals surface area contributed by atoms with Crippen molar-refractivity contribution < 1.29 is 4.79 Å². The lowest BCUT2D eigenvalue weighted by molar-refractivity contribution is 0.0985. The second kappa shape index (κ2) is 7.67. The number of H-pyrrole nitrogens is 1. The molecule has 0 unspecified atom stereocenters. The molecule has 0 saturated carbocycles. The van der Waals surface area contributed by atoms with Gasteiger partial charge in [-0.1, -0.05) is 30.3 Å². The van der Waals surface area contributed by atoms with Crippen molar-refractivity contribution in [3.8, 4) is 11.8 Å². The summed E-state index contributed by atoms with van der Waals surface area (Å²) in [7, 11) is 0. The zero-order valence-corrected chi connectivity index (χ0v) is 17.0. The van der Waals surface area contributed by atoms with E-state index in [1.54, 1.807) is 35.2 Å². The zero-order chi connectivity index (χ0) is 22.2. The molecule has 5 rings (SSSR count). The van der Waals surface area contributed by atoms with Crippen LogP contribution in [0.1, 0.15) is 27.9 Å². The van der Waals surface area contributed by atoms with E-state index in [1.807, 2.05) is 30.3 Å². The molecule has 1 aliphatic heterocycles. The van der Waals surface area contributed by atoms with Gasteiger partial charge >= 0.3 is 5.69 Å². The first kappa shape index (κ1) is 19.5. The maximum Gasteiger partial charge on any atom is 0.333 e. The van der Waals surface area contributed by atoms with Gasteiger partial charge in [0.05, 0.1) is 22.2 Å². The summed E-state index contributed by atoms with van der Waals surface area (Å²) in [4.78, 5) is 43.7. The second-order valence-corrected chi connectivity index (χ2v) is 7.65. The van der Waals surface area contributed by atoms with E-state index in [-0.39, 0.29) is 17.2 Å². The summed E-state index contributed by atoms with van der Waals surface area (Å²) < 4.78 is 0.918. The number of aromatic nitrogens is 2. The summed E-state index contributed by atoms with van der Waals surface area (Å²) in [5, 5.41) is 9.93. The van der Waals surface area contributed by atoms with E-state index in [4.69, 9.17) is 0 Å². The van der Waals surface area contributed by atoms with Crippen LogP contribution >= 0.6 is 0 Å². The molecule has 7 heteroatoms. The number of para-hydroxylation sites is 2. The van der Waals surface area contributed by atoms with Crippen molar-refractivity contribution in [1.82, 2.24) is 9.55 Å². The third kappa shape index (κ3) is 3.10. The van der Waals surface area contributed by atoms with Crippen LogP contribution in [0.15, 0.2) is 76.3 Å². The number of nitrogens with zero attached hydrogens (tertiary/aromatic N) is 3. The fourth-order valence-corrected chi connectivity index (χ4v) is 4.23. The number of aryl methyl sites for hydroxylation is 1. The van der Waals surface area contributed by atoms with Gasteiger partial charge in [-0.05, 0) is 54.8 Å². The quantitative estimate of drug-likeness (QED) is 0.536. The number of rotatable bonds is 2. The molecule has 0 bridgehead atoms. The molecule has 2 heterocycles. The Balaban J connectivity index is 1.67. The first-order chi connectivity index (χ1) is 15.6. The number of anilines is 1. The van der Waals surface area contributed by atoms with Crippen LogP contribution in [0.25, 0.3) is 16.6 Å². The average Bonchev–Trinajstić information content (AvgIpc) is 2.83. The Morgan fingerprint density at radius 3 is 2.59 bits per heavy atom. The summed E-state index contributed by atoms with van der Waals surface area (Å²) in [6.45, 7) is 0.571. The van der Waals surface area contributed by atoms with Crippen molar-refractivity contribution in [3.05, 3.63) is 104 Å². The number of carbonyl (C=O) groups excluding carboxylic acids is 1. The molecule has 32 heavy (non-hydrogen) atoms. The molecule has 1 amide bonds. The normalized spacial score (nSPS) is 12.9. The van der Waals surface area contributed by atoms with E-state index >= 15 is 0 Å². The standard InChI is InChI=1S/C25H18N4O3/c26-15-18-12-11-17(23(30)28-13-5-7-16-6-1-4-10-21(16)28)14-22(18)29-24(31)19-8-2-3-9-20(19)27-25(29)32/h1-4,6,8-12,14H,5,7,13H2,(H,27,32). The van der Waals surface area contributed by atoms with Crippen molar-refractivity contribution in [2.24, 2.45) is 0 Å². The highest BCUT2D eigenvalue weighted by molar-refractivity contribution is 6.07. The van der Waals surface area contributed by atoms with Crippen LogP contribution in [0.2, 0.25) is 0 Å². The largest absolute Gasteiger partial charge is 0.333 e. The van der Waals surface area contributed by atoms with Crippen LogP contribution in [0.3, 0.4) is 0 Å². The van der Waals surface area contributed by atoms with Crippen molar-refractivity contribution in [3.63, 3.8) is 0 Å². The molecule has 0 aliphatic carbocycles. The molecule has 0 fully saturated rings. The van der Waals surface area contributed by atoms with Crippen LogP contribution in [0.4, 0.5) is 5.69 Å². The number of aromatic amines is 1. The molecule has 4 aromatic rings. The molecule has 0 saturated heterocycles. The third-order valence-electron chi connectivity index (χ3n) is 5.77. The van der Waals surface area contributed by atoms with E-state index in [2.05, 4.69) is 4.98 Å². The second-order valence-electron chi connectivity index (χ2n) is 7.65. The maximum atomic E-state index is 13.4. The highest BCUT2D eigenvalue weighted by Gasteiger charge is 2.24. The van der Waals surface area contributed by atoms with Crippen LogP contribution in [-0.2, 0) is 6.42 Å². The minimum Gasteiger partial charge on any atom is -0.308 e. The number of amides is 1. The molecular formula is C25H18N4O3. The molecule has 0 radical (unpaired) electrons. The molecule has 7 nitrogen and oxygen atoms in total. The number of nitriles is 1. The van der Waals surface area contributed by atoms with E-state index in [0.717, 1.165) is 28.7 Å². The fraction of sp³-hybridized carbons (Fsp3) is 0.120. The van der Waals surface area contributed by atoms with Crippen molar-refractivity contribution in [1.29, 1.82) is 5.26 Å². The van der Waals surface area contributed by atoms with Crippen LogP contribution in [0.5, 0.6) is 0 Å². The summed E-state index contributed by atoms with van der Waals surface area (Å²) in [6, 6.07) is 20.9. The SMILES string of the molecule is N#Cc1ccc(C(=O)N2CCCc3ccccc32)cc1-n1c(=O)[nH]c2ccccc2c1=O. The van der Waals surface area contributed by atoms with Gasteiger partial charge in [0.1, 0.15) is 6.07 Å². The van der Waals surface area contributed by atoms with Gasteiger partial charge in [0, 0.05) is 17.8 Å². The summed E-state index contributed by atoms with van der Waals surface area (Å²) in [5.74, 6) is -0.242. The van der Waals surface area contributed by atoms with Crippen LogP contribution in [0, 0.1) is 11.3 Å². The van der Waals surface area contributed by atoms with Crippen LogP contribution in [-0.4, -0.2) is 22.0 Å². The monoisotopic (exact) mass is 422 g/mol. The lowest BCUT2D eigenvalue weighted by atomic mass is 10.0. The van der Waals surface area contributed by atoms with E-state index < -0.39 is 11.2 Å². The molecule has 1 aliphatic rings. The van der Waals surface area contributed by atoms with Gasteiger partial charge in [0.15, 0.2) is 0 Å². The van der Waals surface area contributed by atoms with Gasteiger partial charge in [-0.15, -0.1) is 0 Å². The summed E-state index contributed by atoms with van der Waals surface area (Å²) in [6.07, 6.45) is 1.75. The fourth-order valence-electron chi connectivity index (χ4n) is 4.23. The first-order valence-corrected chi connectivity index (χ1v) is 10.3. The Morgan fingerprint density at radius 2 is 1.75 bits per heavy atom. The molecule has 156 valence electrons. The number of carbonyl (C=O) groups is 1. The van der Waals surface area contributed by atoms with Gasteiger partial charge in [-0.2, -0.15) is 5.26 Å². The van der Waals surface area contributed by atoms with Gasteiger partial charge in [0.2, 0.25) is 0 Å². The van der Waals surface area contributed by atoms with Gasteiger partial charge in [0.25, 0.3) is 11.5 Å². The van der Waals surface area contributed by atoms with Crippen molar-refractivity contribution in [2.75, 3.05) is 11.4 Å². The number of benzene rings is 3. The lowest BCUT2D eigenvalue weighted by Crippen LogP contribution is -2.36.